The van der Waals surface area contributed by atoms with E-state index in [-0.39, 0.29) is 31.8 Å². The Morgan fingerprint density at radius 1 is 1.32 bits per heavy atom. The van der Waals surface area contributed by atoms with Gasteiger partial charge in [-0.15, -0.1) is 0 Å². The predicted molar refractivity (Wildman–Crippen MR) is 89.1 cm³/mol. The van der Waals surface area contributed by atoms with E-state index in [4.69, 9.17) is 4.74 Å². The fourth-order valence-electron chi connectivity index (χ4n) is 2.98. The van der Waals surface area contributed by atoms with Crippen LogP contribution >= 0.6 is 0 Å². The summed E-state index contributed by atoms with van der Waals surface area (Å²) in [5.41, 5.74) is 0. The first-order valence-electron chi connectivity index (χ1n) is 8.39. The Hall–Kier alpha value is -2.03. The SMILES string of the molecule is CN(C)c1ccnc(N2CCOC(C(=O)N3CCC(F)(F)CC3)C2)n1. The van der Waals surface area contributed by atoms with Crippen molar-refractivity contribution < 1.29 is 18.3 Å². The van der Waals surface area contributed by atoms with Gasteiger partial charge in [0.1, 0.15) is 5.82 Å². The zero-order chi connectivity index (χ0) is 18.0. The number of likely N-dealkylation sites (tertiary alicyclic amines) is 1. The molecule has 0 radical (unpaired) electrons. The lowest BCUT2D eigenvalue weighted by Crippen LogP contribution is -2.53. The van der Waals surface area contributed by atoms with Crippen LogP contribution in [0.5, 0.6) is 0 Å². The van der Waals surface area contributed by atoms with Crippen LogP contribution in [0.1, 0.15) is 12.8 Å². The summed E-state index contributed by atoms with van der Waals surface area (Å²) >= 11 is 0. The number of carbonyl (C=O) groups is 1. The molecule has 0 bridgehead atoms. The average Bonchev–Trinajstić information content (AvgIpc) is 2.61. The summed E-state index contributed by atoms with van der Waals surface area (Å²) in [5, 5.41) is 0. The van der Waals surface area contributed by atoms with Crippen LogP contribution in [0.15, 0.2) is 12.3 Å². The minimum absolute atomic E-state index is 0.0678. The second kappa shape index (κ2) is 7.07. The number of piperidine rings is 1. The first kappa shape index (κ1) is 17.8. The Kier molecular flexibility index (Phi) is 5.03. The predicted octanol–water partition coefficient (Wildman–Crippen LogP) is 1.01. The summed E-state index contributed by atoms with van der Waals surface area (Å²) in [6.45, 7) is 1.41. The molecular formula is C16H23F2N5O2. The van der Waals surface area contributed by atoms with Crippen molar-refractivity contribution in [1.29, 1.82) is 0 Å². The third-order valence-electron chi connectivity index (χ3n) is 4.52. The molecule has 1 aromatic heterocycles. The molecule has 25 heavy (non-hydrogen) atoms. The number of hydrogen-bond acceptors (Lipinski definition) is 6. The zero-order valence-corrected chi connectivity index (χ0v) is 14.5. The second-order valence-electron chi connectivity index (χ2n) is 6.60. The lowest BCUT2D eigenvalue weighted by molar-refractivity contribution is -0.150. The fraction of sp³-hybridized carbons (Fsp3) is 0.688. The van der Waals surface area contributed by atoms with Crippen LogP contribution in [0.4, 0.5) is 20.5 Å². The van der Waals surface area contributed by atoms with E-state index in [9.17, 15) is 13.6 Å². The molecule has 0 aromatic carbocycles. The van der Waals surface area contributed by atoms with Gasteiger partial charge >= 0.3 is 0 Å². The highest BCUT2D eigenvalue weighted by Gasteiger charge is 2.38. The Morgan fingerprint density at radius 2 is 2.04 bits per heavy atom. The van der Waals surface area contributed by atoms with Crippen molar-refractivity contribution in [2.45, 2.75) is 24.9 Å². The molecular weight excluding hydrogens is 332 g/mol. The number of rotatable bonds is 3. The van der Waals surface area contributed by atoms with E-state index in [1.54, 1.807) is 12.3 Å². The number of amides is 1. The molecule has 1 aromatic rings. The van der Waals surface area contributed by atoms with Gasteiger partial charge in [-0.2, -0.15) is 4.98 Å². The molecule has 3 rings (SSSR count). The number of ether oxygens (including phenoxy) is 1. The number of halogens is 2. The molecule has 2 aliphatic rings. The standard InChI is InChI=1S/C16H23F2N5O2/c1-21(2)13-3-6-19-15(20-13)23-9-10-25-12(11-23)14(24)22-7-4-16(17,18)5-8-22/h3,6,12H,4-5,7-11H2,1-2H3. The molecule has 1 unspecified atom stereocenters. The Bertz CT molecular complexity index is 618. The number of carbonyl (C=O) groups excluding carboxylic acids is 1. The smallest absolute Gasteiger partial charge is 0.253 e. The zero-order valence-electron chi connectivity index (χ0n) is 14.5. The summed E-state index contributed by atoms with van der Waals surface area (Å²) in [6.07, 6.45) is 0.426. The van der Waals surface area contributed by atoms with Gasteiger partial charge in [0.05, 0.1) is 13.2 Å². The maximum atomic E-state index is 13.3. The monoisotopic (exact) mass is 355 g/mol. The lowest BCUT2D eigenvalue weighted by atomic mass is 10.1. The summed E-state index contributed by atoms with van der Waals surface area (Å²) in [7, 11) is 3.79. The van der Waals surface area contributed by atoms with E-state index in [2.05, 4.69) is 9.97 Å². The molecule has 2 fully saturated rings. The van der Waals surface area contributed by atoms with E-state index >= 15 is 0 Å². The van der Waals surface area contributed by atoms with Crippen molar-refractivity contribution >= 4 is 17.7 Å². The maximum Gasteiger partial charge on any atom is 0.253 e. The molecule has 2 aliphatic heterocycles. The molecule has 1 amide bonds. The van der Waals surface area contributed by atoms with Crippen molar-refractivity contribution in [2.24, 2.45) is 0 Å². The lowest BCUT2D eigenvalue weighted by Gasteiger charge is -2.37. The third kappa shape index (κ3) is 4.15. The summed E-state index contributed by atoms with van der Waals surface area (Å²) in [4.78, 5) is 26.6. The van der Waals surface area contributed by atoms with Crippen molar-refractivity contribution in [3.05, 3.63) is 12.3 Å². The van der Waals surface area contributed by atoms with Crippen LogP contribution < -0.4 is 9.80 Å². The highest BCUT2D eigenvalue weighted by molar-refractivity contribution is 5.82. The topological polar surface area (TPSA) is 61.8 Å². The van der Waals surface area contributed by atoms with Crippen molar-refractivity contribution in [1.82, 2.24) is 14.9 Å². The maximum absolute atomic E-state index is 13.3. The van der Waals surface area contributed by atoms with Gasteiger partial charge in [0.25, 0.3) is 11.8 Å². The Balaban J connectivity index is 1.65. The van der Waals surface area contributed by atoms with Crippen LogP contribution in [0.25, 0.3) is 0 Å². The molecule has 0 N–H and O–H groups in total. The van der Waals surface area contributed by atoms with E-state index < -0.39 is 12.0 Å². The number of anilines is 2. The highest BCUT2D eigenvalue weighted by atomic mass is 19.3. The van der Waals surface area contributed by atoms with Crippen LogP contribution in [0.3, 0.4) is 0 Å². The van der Waals surface area contributed by atoms with Gasteiger partial charge < -0.3 is 19.4 Å². The molecule has 138 valence electrons. The normalized spacial score (nSPS) is 23.4. The molecule has 0 saturated carbocycles. The quantitative estimate of drug-likeness (QED) is 0.806. The number of hydrogen-bond donors (Lipinski definition) is 0. The number of nitrogens with zero attached hydrogens (tertiary/aromatic N) is 5. The van der Waals surface area contributed by atoms with Crippen molar-refractivity contribution in [3.8, 4) is 0 Å². The average molecular weight is 355 g/mol. The number of morpholine rings is 1. The van der Waals surface area contributed by atoms with Crippen molar-refractivity contribution in [3.63, 3.8) is 0 Å². The minimum atomic E-state index is -2.67. The van der Waals surface area contributed by atoms with E-state index in [0.717, 1.165) is 5.82 Å². The summed E-state index contributed by atoms with van der Waals surface area (Å²) in [5.74, 6) is -1.59. The van der Waals surface area contributed by atoms with Gasteiger partial charge in [-0.25, -0.2) is 13.8 Å². The van der Waals surface area contributed by atoms with Crippen molar-refractivity contribution in [2.75, 3.05) is 56.7 Å². The molecule has 0 aliphatic carbocycles. The molecule has 9 heteroatoms. The van der Waals surface area contributed by atoms with Crippen LogP contribution in [-0.2, 0) is 9.53 Å². The molecule has 1 atom stereocenters. The van der Waals surface area contributed by atoms with Gasteiger partial charge in [0.2, 0.25) is 5.95 Å². The number of aromatic nitrogens is 2. The molecule has 7 nitrogen and oxygen atoms in total. The summed E-state index contributed by atoms with van der Waals surface area (Å²) < 4.78 is 32.1. The molecule has 0 spiro atoms. The fourth-order valence-corrected chi connectivity index (χ4v) is 2.98. The first-order chi connectivity index (χ1) is 11.9. The second-order valence-corrected chi connectivity index (χ2v) is 6.60. The summed E-state index contributed by atoms with van der Waals surface area (Å²) in [6, 6.07) is 1.81. The van der Waals surface area contributed by atoms with E-state index in [1.165, 1.54) is 4.90 Å². The molecule has 3 heterocycles. The van der Waals surface area contributed by atoms with Gasteiger partial charge in [0, 0.05) is 52.8 Å². The van der Waals surface area contributed by atoms with Crippen LogP contribution in [0.2, 0.25) is 0 Å². The van der Waals surface area contributed by atoms with Gasteiger partial charge in [-0.3, -0.25) is 4.79 Å². The minimum Gasteiger partial charge on any atom is -0.365 e. The van der Waals surface area contributed by atoms with Gasteiger partial charge in [0.15, 0.2) is 6.10 Å². The largest absolute Gasteiger partial charge is 0.365 e. The van der Waals surface area contributed by atoms with E-state index in [1.807, 2.05) is 23.9 Å². The number of alkyl halides is 2. The molecule has 2 saturated heterocycles. The Morgan fingerprint density at radius 3 is 2.72 bits per heavy atom. The van der Waals surface area contributed by atoms with E-state index in [0.29, 0.717) is 25.6 Å². The van der Waals surface area contributed by atoms with Crippen LogP contribution in [0, 0.1) is 0 Å². The van der Waals surface area contributed by atoms with Crippen LogP contribution in [-0.4, -0.2) is 79.7 Å². The van der Waals surface area contributed by atoms with Gasteiger partial charge in [-0.1, -0.05) is 0 Å². The highest BCUT2D eigenvalue weighted by Crippen LogP contribution is 2.28. The van der Waals surface area contributed by atoms with Gasteiger partial charge in [-0.05, 0) is 6.07 Å². The Labute approximate surface area is 145 Å². The third-order valence-corrected chi connectivity index (χ3v) is 4.52. The first-order valence-corrected chi connectivity index (χ1v) is 8.39.